The van der Waals surface area contributed by atoms with E-state index in [2.05, 4.69) is 15.2 Å². The lowest BCUT2D eigenvalue weighted by atomic mass is 10.1. The van der Waals surface area contributed by atoms with Crippen LogP contribution in [0.1, 0.15) is 10.5 Å². The van der Waals surface area contributed by atoms with Gasteiger partial charge in [-0.2, -0.15) is 0 Å². The number of benzene rings is 2. The van der Waals surface area contributed by atoms with E-state index in [1.54, 1.807) is 30.9 Å². The number of nitrogens with zero attached hydrogens (tertiary/aromatic N) is 3. The summed E-state index contributed by atoms with van der Waals surface area (Å²) in [6.07, 6.45) is 0. The van der Waals surface area contributed by atoms with Crippen molar-refractivity contribution >= 4 is 45.0 Å². The second kappa shape index (κ2) is 5.99. The van der Waals surface area contributed by atoms with E-state index in [-0.39, 0.29) is 11.5 Å². The number of pyridine rings is 1. The van der Waals surface area contributed by atoms with Gasteiger partial charge >= 0.3 is 0 Å². The first-order valence-corrected chi connectivity index (χ1v) is 9.47. The largest absolute Gasteiger partial charge is 0.321 e. The second-order valence-electron chi connectivity index (χ2n) is 6.54. The molecule has 3 heterocycles. The fraction of sp³-hybridized carbons (Fsp3) is 0.150. The number of rotatable bonds is 2. The minimum Gasteiger partial charge on any atom is -0.321 e. The van der Waals surface area contributed by atoms with Crippen LogP contribution in [0.2, 0.25) is 0 Å². The first kappa shape index (κ1) is 16.1. The third-order valence-electron chi connectivity index (χ3n) is 4.89. The molecule has 0 fully saturated rings. The highest BCUT2D eigenvalue weighted by atomic mass is 32.2. The maximum absolute atomic E-state index is 12.8. The number of carbonyl (C=O) groups is 1. The van der Waals surface area contributed by atoms with E-state index >= 15 is 0 Å². The van der Waals surface area contributed by atoms with Crippen LogP contribution in [0.15, 0.2) is 63.2 Å². The fourth-order valence-electron chi connectivity index (χ4n) is 3.49. The van der Waals surface area contributed by atoms with E-state index < -0.39 is 0 Å². The number of nitrogens with one attached hydrogen (secondary N) is 1. The van der Waals surface area contributed by atoms with Crippen LogP contribution in [0.4, 0.5) is 11.4 Å². The zero-order valence-corrected chi connectivity index (χ0v) is 15.4. The van der Waals surface area contributed by atoms with Crippen molar-refractivity contribution in [1.82, 2.24) is 4.57 Å². The predicted octanol–water partition coefficient (Wildman–Crippen LogP) is 3.07. The van der Waals surface area contributed by atoms with Gasteiger partial charge in [-0.25, -0.2) is 0 Å². The molecule has 1 aromatic heterocycles. The molecule has 2 aliphatic heterocycles. The monoisotopic (exact) mass is 376 g/mol. The van der Waals surface area contributed by atoms with Gasteiger partial charge in [0.1, 0.15) is 5.69 Å². The molecule has 1 N–H and O–H groups in total. The van der Waals surface area contributed by atoms with Gasteiger partial charge < -0.3 is 14.8 Å². The van der Waals surface area contributed by atoms with Crippen LogP contribution < -0.4 is 15.8 Å². The molecule has 0 saturated heterocycles. The Morgan fingerprint density at radius 1 is 1.19 bits per heavy atom. The van der Waals surface area contributed by atoms with Crippen LogP contribution in [0.25, 0.3) is 10.8 Å². The molecule has 0 radical (unpaired) electrons. The summed E-state index contributed by atoms with van der Waals surface area (Å²) < 4.78 is 1.39. The van der Waals surface area contributed by atoms with Crippen molar-refractivity contribution in [3.05, 3.63) is 64.6 Å². The maximum Gasteiger partial charge on any atom is 0.272 e. The molecule has 0 bridgehead atoms. The molecule has 0 atom stereocenters. The average molecular weight is 376 g/mol. The third kappa shape index (κ3) is 2.54. The van der Waals surface area contributed by atoms with Crippen LogP contribution in [-0.4, -0.2) is 28.7 Å². The SMILES string of the molecule is Cn1c(C(=O)Nc2ccc3c(c2)N2CCN=C2S3)cc2ccccc2c1=O. The minimum absolute atomic E-state index is 0.179. The normalized spacial score (nSPS) is 14.9. The summed E-state index contributed by atoms with van der Waals surface area (Å²) >= 11 is 1.65. The Morgan fingerprint density at radius 2 is 2.04 bits per heavy atom. The zero-order chi connectivity index (χ0) is 18.5. The Bertz CT molecular complexity index is 1200. The molecule has 5 rings (SSSR count). The van der Waals surface area contributed by atoms with Crippen LogP contribution in [-0.2, 0) is 7.05 Å². The molecule has 2 aliphatic rings. The number of thioether (sulfide) groups is 1. The van der Waals surface area contributed by atoms with Crippen LogP contribution in [0.5, 0.6) is 0 Å². The molecule has 0 unspecified atom stereocenters. The number of aliphatic imine (C=N–C) groups is 1. The standard InChI is InChI=1S/C20H16N4O2S/c1-23-16(10-12-4-2-3-5-14(12)19(23)26)18(25)22-13-6-7-17-15(11-13)24-9-8-21-20(24)27-17/h2-7,10-11H,8-9H2,1H3,(H,22,25). The number of aromatic nitrogens is 1. The predicted molar refractivity (Wildman–Crippen MR) is 109 cm³/mol. The summed E-state index contributed by atoms with van der Waals surface area (Å²) in [5, 5.41) is 5.31. The molecular formula is C20H16N4O2S. The number of fused-ring (bicyclic) bond motifs is 4. The fourth-order valence-corrected chi connectivity index (χ4v) is 4.56. The Labute approximate surface area is 159 Å². The average Bonchev–Trinajstić information content (AvgIpc) is 3.26. The van der Waals surface area contributed by atoms with Crippen LogP contribution >= 0.6 is 11.8 Å². The van der Waals surface area contributed by atoms with Gasteiger partial charge in [0.15, 0.2) is 5.17 Å². The van der Waals surface area contributed by atoms with E-state index in [9.17, 15) is 9.59 Å². The summed E-state index contributed by atoms with van der Waals surface area (Å²) in [5.41, 5.74) is 1.92. The van der Waals surface area contributed by atoms with Gasteiger partial charge in [-0.05, 0) is 47.5 Å². The van der Waals surface area contributed by atoms with Crippen molar-refractivity contribution in [3.8, 4) is 0 Å². The zero-order valence-electron chi connectivity index (χ0n) is 14.6. The summed E-state index contributed by atoms with van der Waals surface area (Å²) in [7, 11) is 1.62. The summed E-state index contributed by atoms with van der Waals surface area (Å²) in [4.78, 5) is 33.2. The molecule has 3 aromatic rings. The molecule has 7 heteroatoms. The van der Waals surface area contributed by atoms with Gasteiger partial charge in [0.2, 0.25) is 0 Å². The van der Waals surface area contributed by atoms with E-state index in [0.29, 0.717) is 16.8 Å². The quantitative estimate of drug-likeness (QED) is 0.746. The molecule has 0 saturated carbocycles. The number of carbonyl (C=O) groups excluding carboxylic acids is 1. The van der Waals surface area contributed by atoms with Gasteiger partial charge in [0, 0.05) is 29.6 Å². The minimum atomic E-state index is -0.304. The highest BCUT2D eigenvalue weighted by molar-refractivity contribution is 8.14. The Morgan fingerprint density at radius 3 is 2.93 bits per heavy atom. The third-order valence-corrected chi connectivity index (χ3v) is 5.99. The molecule has 6 nitrogen and oxygen atoms in total. The Hall–Kier alpha value is -3.06. The van der Waals surface area contributed by atoms with Crippen molar-refractivity contribution in [2.45, 2.75) is 4.90 Å². The number of hydrogen-bond donors (Lipinski definition) is 1. The Balaban J connectivity index is 1.49. The number of hydrogen-bond acceptors (Lipinski definition) is 5. The first-order chi connectivity index (χ1) is 13.1. The lowest BCUT2D eigenvalue weighted by Crippen LogP contribution is -2.26. The Kier molecular flexibility index (Phi) is 3.58. The van der Waals surface area contributed by atoms with E-state index in [1.165, 1.54) is 4.57 Å². The van der Waals surface area contributed by atoms with Gasteiger partial charge in [0.05, 0.1) is 12.2 Å². The smallest absolute Gasteiger partial charge is 0.272 e. The van der Waals surface area contributed by atoms with Crippen molar-refractivity contribution in [3.63, 3.8) is 0 Å². The summed E-state index contributed by atoms with van der Waals surface area (Å²) in [5.74, 6) is -0.304. The molecule has 134 valence electrons. The number of amides is 1. The van der Waals surface area contributed by atoms with Crippen molar-refractivity contribution in [1.29, 1.82) is 0 Å². The van der Waals surface area contributed by atoms with Crippen LogP contribution in [0.3, 0.4) is 0 Å². The van der Waals surface area contributed by atoms with Gasteiger partial charge in [-0.1, -0.05) is 18.2 Å². The summed E-state index contributed by atoms with van der Waals surface area (Å²) in [6, 6.07) is 14.9. The van der Waals surface area contributed by atoms with Gasteiger partial charge in [-0.3, -0.25) is 14.6 Å². The van der Waals surface area contributed by atoms with Gasteiger partial charge in [0.25, 0.3) is 11.5 Å². The molecular weight excluding hydrogens is 360 g/mol. The maximum atomic E-state index is 12.8. The lowest BCUT2D eigenvalue weighted by Gasteiger charge is -2.14. The number of amidine groups is 1. The van der Waals surface area contributed by atoms with Crippen molar-refractivity contribution in [2.75, 3.05) is 23.3 Å². The molecule has 0 aliphatic carbocycles. The van der Waals surface area contributed by atoms with Crippen molar-refractivity contribution in [2.24, 2.45) is 12.0 Å². The highest BCUT2D eigenvalue weighted by Crippen LogP contribution is 2.43. The topological polar surface area (TPSA) is 66.7 Å². The summed E-state index contributed by atoms with van der Waals surface area (Å²) in [6.45, 7) is 1.67. The molecule has 27 heavy (non-hydrogen) atoms. The highest BCUT2D eigenvalue weighted by Gasteiger charge is 2.29. The van der Waals surface area contributed by atoms with E-state index in [4.69, 9.17) is 0 Å². The first-order valence-electron chi connectivity index (χ1n) is 8.66. The molecule has 1 amide bonds. The molecule has 2 aromatic carbocycles. The van der Waals surface area contributed by atoms with Gasteiger partial charge in [-0.15, -0.1) is 0 Å². The number of anilines is 2. The van der Waals surface area contributed by atoms with Crippen molar-refractivity contribution < 1.29 is 4.79 Å². The van der Waals surface area contributed by atoms with Crippen LogP contribution in [0, 0.1) is 0 Å². The second-order valence-corrected chi connectivity index (χ2v) is 7.54. The van der Waals surface area contributed by atoms with E-state index in [0.717, 1.165) is 34.2 Å². The van der Waals surface area contributed by atoms with E-state index in [1.807, 2.05) is 36.4 Å². The lowest BCUT2D eigenvalue weighted by molar-refractivity contribution is 0.101. The molecule has 0 spiro atoms.